The zero-order chi connectivity index (χ0) is 15.3. The average molecular weight is 286 g/mol. The van der Waals surface area contributed by atoms with Gasteiger partial charge in [-0.05, 0) is 41.7 Å². The molecule has 0 fully saturated rings. The highest BCUT2D eigenvalue weighted by molar-refractivity contribution is 5.86. The van der Waals surface area contributed by atoms with E-state index < -0.39 is 5.60 Å². The fourth-order valence-electron chi connectivity index (χ4n) is 3.74. The molecule has 0 spiro atoms. The molecule has 0 aliphatic heterocycles. The number of benzene rings is 3. The van der Waals surface area contributed by atoms with Crippen LogP contribution in [0.2, 0.25) is 0 Å². The van der Waals surface area contributed by atoms with Crippen LogP contribution >= 0.6 is 0 Å². The Morgan fingerprint density at radius 2 is 1.14 bits per heavy atom. The van der Waals surface area contributed by atoms with Crippen molar-refractivity contribution in [1.29, 1.82) is 0 Å². The first-order chi connectivity index (χ1) is 10.6. The first-order valence-electron chi connectivity index (χ1n) is 7.62. The van der Waals surface area contributed by atoms with Gasteiger partial charge in [0.05, 0.1) is 0 Å². The summed E-state index contributed by atoms with van der Waals surface area (Å²) in [6.45, 7) is 4.23. The van der Waals surface area contributed by atoms with Crippen LogP contribution in [0.4, 0.5) is 0 Å². The van der Waals surface area contributed by atoms with Crippen LogP contribution in [0.25, 0.3) is 11.1 Å². The van der Waals surface area contributed by atoms with Crippen molar-refractivity contribution in [3.63, 3.8) is 0 Å². The molecule has 0 heterocycles. The molecule has 0 radical (unpaired) electrons. The van der Waals surface area contributed by atoms with Crippen LogP contribution in [0.3, 0.4) is 0 Å². The van der Waals surface area contributed by atoms with Crippen molar-refractivity contribution < 1.29 is 5.11 Å². The average Bonchev–Trinajstić information content (AvgIpc) is 2.82. The van der Waals surface area contributed by atoms with Crippen LogP contribution in [0.1, 0.15) is 27.8 Å². The minimum absolute atomic E-state index is 0.922. The van der Waals surface area contributed by atoms with E-state index in [4.69, 9.17) is 0 Å². The van der Waals surface area contributed by atoms with Crippen LogP contribution in [-0.4, -0.2) is 5.11 Å². The van der Waals surface area contributed by atoms with Gasteiger partial charge in [-0.2, -0.15) is 0 Å². The SMILES string of the molecule is Cc1cccc2c1-c1c(C)cccc1C2(O)c1ccccc1. The maximum atomic E-state index is 11.7. The normalized spacial score (nSPS) is 14.5. The van der Waals surface area contributed by atoms with Crippen molar-refractivity contribution >= 4 is 0 Å². The Morgan fingerprint density at radius 3 is 1.64 bits per heavy atom. The fraction of sp³-hybridized carbons (Fsp3) is 0.143. The summed E-state index contributed by atoms with van der Waals surface area (Å²) in [6.07, 6.45) is 0. The molecule has 0 saturated heterocycles. The Labute approximate surface area is 130 Å². The van der Waals surface area contributed by atoms with Gasteiger partial charge in [0.1, 0.15) is 5.60 Å². The Bertz CT molecular complexity index is 811. The number of aliphatic hydroxyl groups is 1. The minimum atomic E-state index is -1.07. The lowest BCUT2D eigenvalue weighted by Crippen LogP contribution is -2.26. The van der Waals surface area contributed by atoms with Crippen LogP contribution < -0.4 is 0 Å². The lowest BCUT2D eigenvalue weighted by atomic mass is 9.84. The molecular formula is C21H18O. The maximum Gasteiger partial charge on any atom is 0.141 e. The zero-order valence-electron chi connectivity index (χ0n) is 12.8. The first kappa shape index (κ1) is 13.3. The molecule has 108 valence electrons. The molecule has 0 saturated carbocycles. The smallest absolute Gasteiger partial charge is 0.141 e. The van der Waals surface area contributed by atoms with Crippen molar-refractivity contribution in [2.45, 2.75) is 19.4 Å². The van der Waals surface area contributed by atoms with E-state index in [-0.39, 0.29) is 0 Å². The van der Waals surface area contributed by atoms with Gasteiger partial charge in [-0.25, -0.2) is 0 Å². The van der Waals surface area contributed by atoms with E-state index in [1.165, 1.54) is 22.3 Å². The molecule has 4 rings (SSSR count). The summed E-state index contributed by atoms with van der Waals surface area (Å²) < 4.78 is 0. The largest absolute Gasteiger partial charge is 0.376 e. The fourth-order valence-corrected chi connectivity index (χ4v) is 3.74. The van der Waals surface area contributed by atoms with E-state index in [2.05, 4.69) is 38.1 Å². The predicted molar refractivity (Wildman–Crippen MR) is 89.9 cm³/mol. The maximum absolute atomic E-state index is 11.7. The van der Waals surface area contributed by atoms with Gasteiger partial charge in [0.15, 0.2) is 0 Å². The summed E-state index contributed by atoms with van der Waals surface area (Å²) in [6, 6.07) is 22.4. The predicted octanol–water partition coefficient (Wildman–Crippen LogP) is 4.57. The van der Waals surface area contributed by atoms with Gasteiger partial charge in [0.2, 0.25) is 0 Å². The van der Waals surface area contributed by atoms with Crippen molar-refractivity contribution in [3.8, 4) is 11.1 Å². The topological polar surface area (TPSA) is 20.2 Å². The molecule has 1 nitrogen and oxygen atoms in total. The Morgan fingerprint density at radius 1 is 0.636 bits per heavy atom. The molecule has 0 unspecified atom stereocenters. The number of aryl methyl sites for hydroxylation is 2. The van der Waals surface area contributed by atoms with Gasteiger partial charge in [0, 0.05) is 11.1 Å². The molecule has 3 aromatic rings. The summed E-state index contributed by atoms with van der Waals surface area (Å²) in [5.74, 6) is 0. The Balaban J connectivity index is 2.16. The van der Waals surface area contributed by atoms with Crippen LogP contribution in [0.5, 0.6) is 0 Å². The second kappa shape index (κ2) is 4.56. The summed E-state index contributed by atoms with van der Waals surface area (Å²) in [5.41, 5.74) is 6.62. The molecule has 1 aliphatic rings. The van der Waals surface area contributed by atoms with Gasteiger partial charge in [0.25, 0.3) is 0 Å². The van der Waals surface area contributed by atoms with Crippen molar-refractivity contribution in [3.05, 3.63) is 94.5 Å². The van der Waals surface area contributed by atoms with E-state index in [0.29, 0.717) is 0 Å². The molecule has 1 N–H and O–H groups in total. The quantitative estimate of drug-likeness (QED) is 0.695. The molecule has 1 aliphatic carbocycles. The van der Waals surface area contributed by atoms with Crippen LogP contribution in [0, 0.1) is 13.8 Å². The number of hydrogen-bond acceptors (Lipinski definition) is 1. The second-order valence-corrected chi connectivity index (χ2v) is 6.07. The Hall–Kier alpha value is -2.38. The third-order valence-corrected chi connectivity index (χ3v) is 4.77. The van der Waals surface area contributed by atoms with Gasteiger partial charge < -0.3 is 5.11 Å². The molecule has 3 aromatic carbocycles. The lowest BCUT2D eigenvalue weighted by molar-refractivity contribution is 0.130. The highest BCUT2D eigenvalue weighted by Crippen LogP contribution is 2.52. The standard InChI is InChI=1S/C21H18O/c1-14-8-6-12-17-19(14)20-15(2)9-7-13-18(20)21(17,22)16-10-4-3-5-11-16/h3-13,22H,1-2H3. The highest BCUT2D eigenvalue weighted by atomic mass is 16.3. The third kappa shape index (κ3) is 1.57. The highest BCUT2D eigenvalue weighted by Gasteiger charge is 2.43. The summed E-state index contributed by atoms with van der Waals surface area (Å²) >= 11 is 0. The summed E-state index contributed by atoms with van der Waals surface area (Å²) in [4.78, 5) is 0. The van der Waals surface area contributed by atoms with Crippen molar-refractivity contribution in [1.82, 2.24) is 0 Å². The lowest BCUT2D eigenvalue weighted by Gasteiger charge is -2.26. The molecule has 22 heavy (non-hydrogen) atoms. The van der Waals surface area contributed by atoms with E-state index in [1.807, 2.05) is 42.5 Å². The van der Waals surface area contributed by atoms with Gasteiger partial charge >= 0.3 is 0 Å². The van der Waals surface area contributed by atoms with E-state index in [1.54, 1.807) is 0 Å². The number of rotatable bonds is 1. The number of hydrogen-bond donors (Lipinski definition) is 1. The van der Waals surface area contributed by atoms with E-state index in [0.717, 1.165) is 16.7 Å². The van der Waals surface area contributed by atoms with Crippen LogP contribution in [-0.2, 0) is 5.60 Å². The van der Waals surface area contributed by atoms with Gasteiger partial charge in [-0.1, -0.05) is 66.7 Å². The monoisotopic (exact) mass is 286 g/mol. The summed E-state index contributed by atoms with van der Waals surface area (Å²) in [5, 5.41) is 11.7. The number of fused-ring (bicyclic) bond motifs is 3. The molecule has 0 aromatic heterocycles. The molecule has 0 amide bonds. The van der Waals surface area contributed by atoms with Crippen molar-refractivity contribution in [2.24, 2.45) is 0 Å². The second-order valence-electron chi connectivity index (χ2n) is 6.07. The van der Waals surface area contributed by atoms with Crippen molar-refractivity contribution in [2.75, 3.05) is 0 Å². The van der Waals surface area contributed by atoms with Gasteiger partial charge in [-0.3, -0.25) is 0 Å². The molecule has 0 atom stereocenters. The third-order valence-electron chi connectivity index (χ3n) is 4.77. The Kier molecular flexibility index (Phi) is 2.75. The molecule has 0 bridgehead atoms. The van der Waals surface area contributed by atoms with E-state index in [9.17, 15) is 5.11 Å². The molecule has 1 heteroatoms. The van der Waals surface area contributed by atoms with Crippen LogP contribution in [0.15, 0.2) is 66.7 Å². The molecular weight excluding hydrogens is 268 g/mol. The van der Waals surface area contributed by atoms with Gasteiger partial charge in [-0.15, -0.1) is 0 Å². The minimum Gasteiger partial charge on any atom is -0.376 e. The van der Waals surface area contributed by atoms with E-state index >= 15 is 0 Å². The first-order valence-corrected chi connectivity index (χ1v) is 7.62. The zero-order valence-corrected chi connectivity index (χ0v) is 12.8. The summed E-state index contributed by atoms with van der Waals surface area (Å²) in [7, 11) is 0.